The van der Waals surface area contributed by atoms with E-state index < -0.39 is 0 Å². The fourth-order valence-electron chi connectivity index (χ4n) is 2.22. The second kappa shape index (κ2) is 2.73. The molecule has 1 saturated carbocycles. The largest absolute Gasteiger partial charge is 0.383 e. The lowest BCUT2D eigenvalue weighted by molar-refractivity contribution is 0.124. The normalized spacial score (nSPS) is 43.6. The fourth-order valence-corrected chi connectivity index (χ4v) is 2.22. The maximum atomic E-state index is 5.90. The average Bonchev–Trinajstić information content (AvgIpc) is 2.47. The average molecular weight is 157 g/mol. The summed E-state index contributed by atoms with van der Waals surface area (Å²) in [6.45, 7) is 2.54. The molecule has 2 fully saturated rings. The summed E-state index contributed by atoms with van der Waals surface area (Å²) in [5.74, 6) is 2.18. The molecule has 2 rings (SSSR count). The number of fused-ring (bicyclic) bond motifs is 1. The molecule has 11 heavy (non-hydrogen) atoms. The van der Waals surface area contributed by atoms with Crippen LogP contribution in [0.15, 0.2) is 0 Å². The van der Waals surface area contributed by atoms with Crippen LogP contribution in [-0.4, -0.2) is 33.0 Å². The van der Waals surface area contributed by atoms with Crippen LogP contribution in [0, 0.1) is 17.8 Å². The number of rotatable bonds is 3. The maximum Gasteiger partial charge on any atom is 0.0616 e. The Morgan fingerprint density at radius 3 is 2.73 bits per heavy atom. The lowest BCUT2D eigenvalue weighted by atomic mass is 10.1. The summed E-state index contributed by atoms with van der Waals surface area (Å²) in [5, 5.41) is 0. The monoisotopic (exact) mass is 157 g/mol. The van der Waals surface area contributed by atoms with Gasteiger partial charge in [0.1, 0.15) is 0 Å². The molecule has 1 saturated heterocycles. The molecule has 0 radical (unpaired) electrons. The van der Waals surface area contributed by atoms with Crippen LogP contribution in [0.3, 0.4) is 0 Å². The Bertz CT molecular complexity index is 141. The first kappa shape index (κ1) is 7.53. The molecule has 3 unspecified atom stereocenters. The molecule has 0 aromatic heterocycles. The number of nitrogens with two attached hydrogens (primary N) is 1. The fraction of sp³-hybridized carbons (Fsp3) is 1.00. The van der Waals surface area contributed by atoms with Crippen molar-refractivity contribution in [3.63, 3.8) is 0 Å². The first-order chi connectivity index (χ1) is 5.34. The Morgan fingerprint density at radius 2 is 2.18 bits per heavy atom. The van der Waals surface area contributed by atoms with Crippen molar-refractivity contribution in [2.75, 3.05) is 26.9 Å². The summed E-state index contributed by atoms with van der Waals surface area (Å²) in [6.07, 6.45) is 0. The van der Waals surface area contributed by atoms with Crippen LogP contribution < -0.4 is 5.73 Å². The molecule has 1 aliphatic heterocycles. The topological polar surface area (TPSA) is 44.5 Å². The van der Waals surface area contributed by atoms with E-state index in [0.717, 1.165) is 25.0 Å². The van der Waals surface area contributed by atoms with Gasteiger partial charge in [0.05, 0.1) is 19.8 Å². The second-order valence-electron chi connectivity index (χ2n) is 3.56. The molecule has 2 N–H and O–H groups in total. The van der Waals surface area contributed by atoms with Gasteiger partial charge in [-0.2, -0.15) is 0 Å². The Labute approximate surface area is 66.8 Å². The Morgan fingerprint density at radius 1 is 1.55 bits per heavy atom. The molecule has 0 spiro atoms. The summed E-state index contributed by atoms with van der Waals surface area (Å²) in [4.78, 5) is 0. The molecular formula is C8H15NO2. The first-order valence-electron chi connectivity index (χ1n) is 4.17. The lowest BCUT2D eigenvalue weighted by Gasteiger charge is -2.11. The Balaban J connectivity index is 1.80. The van der Waals surface area contributed by atoms with E-state index in [1.54, 1.807) is 7.11 Å². The predicted octanol–water partition coefficient (Wildman–Crippen LogP) is -0.147. The van der Waals surface area contributed by atoms with E-state index in [0.29, 0.717) is 12.5 Å². The van der Waals surface area contributed by atoms with Crippen LogP contribution in [0.2, 0.25) is 0 Å². The standard InChI is InChI=1S/C8H15NO2/c1-10-4-7(9)8-5-2-11-3-6(5)8/h5-8H,2-4,9H2,1H3. The maximum absolute atomic E-state index is 5.90. The van der Waals surface area contributed by atoms with Gasteiger partial charge in [0, 0.05) is 13.2 Å². The van der Waals surface area contributed by atoms with Crippen molar-refractivity contribution in [1.29, 1.82) is 0 Å². The number of hydrogen-bond donors (Lipinski definition) is 1. The summed E-state index contributed by atoms with van der Waals surface area (Å²) in [5.41, 5.74) is 5.90. The predicted molar refractivity (Wildman–Crippen MR) is 41.1 cm³/mol. The summed E-state index contributed by atoms with van der Waals surface area (Å²) < 4.78 is 10.3. The van der Waals surface area contributed by atoms with Gasteiger partial charge in [-0.1, -0.05) is 0 Å². The van der Waals surface area contributed by atoms with E-state index in [9.17, 15) is 0 Å². The van der Waals surface area contributed by atoms with Crippen molar-refractivity contribution in [3.05, 3.63) is 0 Å². The van der Waals surface area contributed by atoms with Gasteiger partial charge in [-0.15, -0.1) is 0 Å². The van der Waals surface area contributed by atoms with Gasteiger partial charge >= 0.3 is 0 Å². The third-order valence-electron chi connectivity index (χ3n) is 2.87. The van der Waals surface area contributed by atoms with Gasteiger partial charge in [-0.3, -0.25) is 0 Å². The highest BCUT2D eigenvalue weighted by molar-refractivity contribution is 5.04. The third-order valence-corrected chi connectivity index (χ3v) is 2.87. The molecule has 3 heteroatoms. The quantitative estimate of drug-likeness (QED) is 0.619. The van der Waals surface area contributed by atoms with Crippen LogP contribution in [0.25, 0.3) is 0 Å². The number of methoxy groups -OCH3 is 1. The molecule has 0 bridgehead atoms. The van der Waals surface area contributed by atoms with E-state index in [1.165, 1.54) is 0 Å². The van der Waals surface area contributed by atoms with Gasteiger partial charge in [0.2, 0.25) is 0 Å². The highest BCUT2D eigenvalue weighted by Crippen LogP contribution is 2.51. The van der Waals surface area contributed by atoms with Crippen molar-refractivity contribution in [2.24, 2.45) is 23.5 Å². The minimum atomic E-state index is 0.235. The van der Waals surface area contributed by atoms with Gasteiger partial charge in [0.15, 0.2) is 0 Å². The van der Waals surface area contributed by atoms with Crippen LogP contribution in [-0.2, 0) is 9.47 Å². The van der Waals surface area contributed by atoms with Gasteiger partial charge < -0.3 is 15.2 Å². The molecule has 0 aromatic rings. The van der Waals surface area contributed by atoms with Crippen LogP contribution in [0.5, 0.6) is 0 Å². The Hall–Kier alpha value is -0.120. The van der Waals surface area contributed by atoms with Crippen LogP contribution >= 0.6 is 0 Å². The summed E-state index contributed by atoms with van der Waals surface area (Å²) in [7, 11) is 1.70. The van der Waals surface area contributed by atoms with Crippen molar-refractivity contribution in [1.82, 2.24) is 0 Å². The van der Waals surface area contributed by atoms with Gasteiger partial charge in [-0.25, -0.2) is 0 Å². The van der Waals surface area contributed by atoms with E-state index in [1.807, 2.05) is 0 Å². The van der Waals surface area contributed by atoms with E-state index >= 15 is 0 Å². The van der Waals surface area contributed by atoms with Crippen molar-refractivity contribution >= 4 is 0 Å². The minimum absolute atomic E-state index is 0.235. The van der Waals surface area contributed by atoms with Crippen molar-refractivity contribution < 1.29 is 9.47 Å². The highest BCUT2D eigenvalue weighted by atomic mass is 16.5. The molecule has 1 aliphatic carbocycles. The van der Waals surface area contributed by atoms with Gasteiger partial charge in [-0.05, 0) is 17.8 Å². The molecule has 0 aromatic carbocycles. The molecule has 2 aliphatic rings. The zero-order chi connectivity index (χ0) is 7.84. The smallest absolute Gasteiger partial charge is 0.0616 e. The zero-order valence-electron chi connectivity index (χ0n) is 6.82. The van der Waals surface area contributed by atoms with Crippen molar-refractivity contribution in [3.8, 4) is 0 Å². The van der Waals surface area contributed by atoms with Crippen LogP contribution in [0.1, 0.15) is 0 Å². The second-order valence-corrected chi connectivity index (χ2v) is 3.56. The molecular weight excluding hydrogens is 142 g/mol. The Kier molecular flexibility index (Phi) is 1.87. The van der Waals surface area contributed by atoms with Crippen molar-refractivity contribution in [2.45, 2.75) is 6.04 Å². The first-order valence-corrected chi connectivity index (χ1v) is 4.17. The number of ether oxygens (including phenoxy) is 2. The summed E-state index contributed by atoms with van der Waals surface area (Å²) >= 11 is 0. The molecule has 1 heterocycles. The molecule has 3 nitrogen and oxygen atoms in total. The molecule has 64 valence electrons. The lowest BCUT2D eigenvalue weighted by Crippen LogP contribution is -2.30. The third kappa shape index (κ3) is 1.17. The number of hydrogen-bond acceptors (Lipinski definition) is 3. The highest BCUT2D eigenvalue weighted by Gasteiger charge is 2.56. The van der Waals surface area contributed by atoms with E-state index in [-0.39, 0.29) is 6.04 Å². The van der Waals surface area contributed by atoms with E-state index in [4.69, 9.17) is 15.2 Å². The molecule has 3 atom stereocenters. The molecule has 0 amide bonds. The zero-order valence-corrected chi connectivity index (χ0v) is 6.82. The van der Waals surface area contributed by atoms with Gasteiger partial charge in [0.25, 0.3) is 0 Å². The minimum Gasteiger partial charge on any atom is -0.383 e. The van der Waals surface area contributed by atoms with Crippen LogP contribution in [0.4, 0.5) is 0 Å². The van der Waals surface area contributed by atoms with E-state index in [2.05, 4.69) is 0 Å². The summed E-state index contributed by atoms with van der Waals surface area (Å²) in [6, 6.07) is 0.235. The SMILES string of the molecule is COCC(N)C1C2COCC21.